The van der Waals surface area contributed by atoms with E-state index in [1.165, 1.54) is 4.63 Å². The molecule has 0 fully saturated rings. The summed E-state index contributed by atoms with van der Waals surface area (Å²) in [4.78, 5) is 6.53. The van der Waals surface area contributed by atoms with Gasteiger partial charge in [-0.1, -0.05) is 13.8 Å². The van der Waals surface area contributed by atoms with E-state index in [1.54, 1.807) is 12.1 Å². The highest BCUT2D eigenvalue weighted by molar-refractivity contribution is 5.59. The van der Waals surface area contributed by atoms with Crippen molar-refractivity contribution in [3.05, 3.63) is 12.1 Å². The minimum Gasteiger partial charge on any atom is -0.363 e. The molecule has 0 amide bonds. The van der Waals surface area contributed by atoms with Gasteiger partial charge in [-0.2, -0.15) is 0 Å². The Bertz CT molecular complexity index is 513. The zero-order valence-electron chi connectivity index (χ0n) is 10.7. The molecule has 0 saturated heterocycles. The highest BCUT2D eigenvalue weighted by Crippen LogP contribution is 2.06. The summed E-state index contributed by atoms with van der Waals surface area (Å²) in [5.41, 5.74) is 0.618. The third-order valence-electron chi connectivity index (χ3n) is 2.43. The molecule has 2 heterocycles. The summed E-state index contributed by atoms with van der Waals surface area (Å²) in [7, 11) is 0. The highest BCUT2D eigenvalue weighted by Gasteiger charge is 2.00. The number of hydrogen-bond donors (Lipinski definition) is 0. The van der Waals surface area contributed by atoms with Crippen LogP contribution in [-0.2, 0) is 0 Å². The molecule has 0 saturated carbocycles. The Labute approximate surface area is 106 Å². The fourth-order valence-electron chi connectivity index (χ4n) is 1.65. The molecule has 2 rings (SSSR count). The molecule has 0 aliphatic heterocycles. The molecule has 0 aliphatic rings. The van der Waals surface area contributed by atoms with Gasteiger partial charge in [0.2, 0.25) is 0 Å². The molecular formula is C11H17N7. The van der Waals surface area contributed by atoms with Crippen LogP contribution in [0, 0.1) is 0 Å². The Morgan fingerprint density at radius 1 is 1.28 bits per heavy atom. The first-order valence-electron chi connectivity index (χ1n) is 6.17. The minimum atomic E-state index is 0.604. The third-order valence-corrected chi connectivity index (χ3v) is 2.43. The maximum Gasteiger partial charge on any atom is 0.200 e. The van der Waals surface area contributed by atoms with Crippen molar-refractivity contribution in [2.45, 2.75) is 26.7 Å². The van der Waals surface area contributed by atoms with Crippen LogP contribution in [0.15, 0.2) is 17.1 Å². The van der Waals surface area contributed by atoms with E-state index in [4.69, 9.17) is 0 Å². The SMILES string of the molecule is CCCN(C=Nc1ccc2nnnn2n1)CCC. The summed E-state index contributed by atoms with van der Waals surface area (Å²) in [6, 6.07) is 3.60. The van der Waals surface area contributed by atoms with Crippen LogP contribution in [0.2, 0.25) is 0 Å². The van der Waals surface area contributed by atoms with Gasteiger partial charge in [-0.3, -0.25) is 0 Å². The summed E-state index contributed by atoms with van der Waals surface area (Å²) in [6.07, 6.45) is 4.04. The second kappa shape index (κ2) is 6.04. The number of rotatable bonds is 6. The van der Waals surface area contributed by atoms with Crippen molar-refractivity contribution in [1.29, 1.82) is 0 Å². The van der Waals surface area contributed by atoms with Gasteiger partial charge in [-0.05, 0) is 35.4 Å². The van der Waals surface area contributed by atoms with Crippen molar-refractivity contribution < 1.29 is 0 Å². The molecule has 0 atom stereocenters. The lowest BCUT2D eigenvalue weighted by atomic mass is 10.4. The molecule has 2 aromatic heterocycles. The van der Waals surface area contributed by atoms with Gasteiger partial charge in [-0.15, -0.1) is 14.8 Å². The summed E-state index contributed by atoms with van der Waals surface area (Å²) in [5, 5.41) is 15.2. The zero-order valence-corrected chi connectivity index (χ0v) is 10.7. The number of hydrogen-bond acceptors (Lipinski definition) is 5. The number of fused-ring (bicyclic) bond motifs is 1. The van der Waals surface area contributed by atoms with Crippen molar-refractivity contribution in [1.82, 2.24) is 30.2 Å². The number of tetrazole rings is 1. The maximum atomic E-state index is 4.35. The summed E-state index contributed by atoms with van der Waals surface area (Å²) in [5.74, 6) is 0.604. The van der Waals surface area contributed by atoms with Gasteiger partial charge in [0.25, 0.3) is 0 Å². The molecule has 0 aromatic carbocycles. The Hall–Kier alpha value is -2.05. The van der Waals surface area contributed by atoms with Gasteiger partial charge >= 0.3 is 0 Å². The molecule has 0 bridgehead atoms. The summed E-state index contributed by atoms with van der Waals surface area (Å²) < 4.78 is 1.37. The predicted molar refractivity (Wildman–Crippen MR) is 68.9 cm³/mol. The molecule has 96 valence electrons. The molecule has 0 aliphatic carbocycles. The molecular weight excluding hydrogens is 230 g/mol. The fourth-order valence-corrected chi connectivity index (χ4v) is 1.65. The second-order valence-electron chi connectivity index (χ2n) is 4.00. The average Bonchev–Trinajstić information content (AvgIpc) is 2.84. The lowest BCUT2D eigenvalue weighted by Gasteiger charge is -2.16. The largest absolute Gasteiger partial charge is 0.363 e. The van der Waals surface area contributed by atoms with Crippen molar-refractivity contribution >= 4 is 17.8 Å². The first-order valence-corrected chi connectivity index (χ1v) is 6.17. The van der Waals surface area contributed by atoms with Gasteiger partial charge in [0.1, 0.15) is 0 Å². The quantitative estimate of drug-likeness (QED) is 0.568. The van der Waals surface area contributed by atoms with Crippen LogP contribution in [-0.4, -0.2) is 49.6 Å². The van der Waals surface area contributed by atoms with Gasteiger partial charge in [0, 0.05) is 13.1 Å². The lowest BCUT2D eigenvalue weighted by Crippen LogP contribution is -2.23. The van der Waals surface area contributed by atoms with Gasteiger partial charge in [-0.25, -0.2) is 4.99 Å². The first-order chi connectivity index (χ1) is 8.83. The van der Waals surface area contributed by atoms with E-state index in [-0.39, 0.29) is 0 Å². The third kappa shape index (κ3) is 2.99. The Balaban J connectivity index is 2.10. The van der Waals surface area contributed by atoms with E-state index in [9.17, 15) is 0 Å². The van der Waals surface area contributed by atoms with Crippen molar-refractivity contribution in [3.8, 4) is 0 Å². The molecule has 0 unspecified atom stereocenters. The van der Waals surface area contributed by atoms with E-state index in [2.05, 4.69) is 44.4 Å². The smallest absolute Gasteiger partial charge is 0.200 e. The van der Waals surface area contributed by atoms with E-state index in [0.29, 0.717) is 11.5 Å². The maximum absolute atomic E-state index is 4.35. The molecule has 2 aromatic rings. The number of nitrogens with zero attached hydrogens (tertiary/aromatic N) is 7. The monoisotopic (exact) mass is 247 g/mol. The lowest BCUT2D eigenvalue weighted by molar-refractivity contribution is 0.428. The second-order valence-corrected chi connectivity index (χ2v) is 4.00. The van der Waals surface area contributed by atoms with Crippen LogP contribution < -0.4 is 0 Å². The Kier molecular flexibility index (Phi) is 4.16. The fraction of sp³-hybridized carbons (Fsp3) is 0.545. The normalized spacial score (nSPS) is 11.4. The minimum absolute atomic E-state index is 0.604. The standard InChI is InChI=1S/C11H17N7/c1-3-7-17(8-4-2)9-12-10-5-6-11-13-15-16-18(11)14-10/h5-6,9H,3-4,7-8H2,1-2H3. The predicted octanol–water partition coefficient (Wildman–Crippen LogP) is 1.30. The van der Waals surface area contributed by atoms with Crippen LogP contribution in [0.5, 0.6) is 0 Å². The molecule has 7 nitrogen and oxygen atoms in total. The van der Waals surface area contributed by atoms with Gasteiger partial charge in [0.05, 0.1) is 6.34 Å². The topological polar surface area (TPSA) is 71.6 Å². The van der Waals surface area contributed by atoms with Crippen molar-refractivity contribution in [3.63, 3.8) is 0 Å². The van der Waals surface area contributed by atoms with Crippen LogP contribution in [0.25, 0.3) is 5.65 Å². The first kappa shape index (κ1) is 12.4. The molecule has 7 heteroatoms. The van der Waals surface area contributed by atoms with Crippen LogP contribution in [0.3, 0.4) is 0 Å². The number of aliphatic imine (C=N–C) groups is 1. The highest BCUT2D eigenvalue weighted by atomic mass is 15.6. The molecule has 0 N–H and O–H groups in total. The molecule has 0 radical (unpaired) electrons. The van der Waals surface area contributed by atoms with Crippen LogP contribution in [0.4, 0.5) is 5.82 Å². The summed E-state index contributed by atoms with van der Waals surface area (Å²) in [6.45, 7) is 6.32. The van der Waals surface area contributed by atoms with Crippen LogP contribution in [0.1, 0.15) is 26.7 Å². The summed E-state index contributed by atoms with van der Waals surface area (Å²) >= 11 is 0. The van der Waals surface area contributed by atoms with Crippen molar-refractivity contribution in [2.75, 3.05) is 13.1 Å². The van der Waals surface area contributed by atoms with Crippen LogP contribution >= 0.6 is 0 Å². The molecule has 0 spiro atoms. The van der Waals surface area contributed by atoms with Gasteiger partial charge < -0.3 is 4.90 Å². The zero-order chi connectivity index (χ0) is 12.8. The van der Waals surface area contributed by atoms with E-state index in [1.807, 2.05) is 6.34 Å². The van der Waals surface area contributed by atoms with E-state index < -0.39 is 0 Å². The number of aromatic nitrogens is 5. The Morgan fingerprint density at radius 2 is 2.06 bits per heavy atom. The Morgan fingerprint density at radius 3 is 2.78 bits per heavy atom. The van der Waals surface area contributed by atoms with Gasteiger partial charge in [0.15, 0.2) is 11.5 Å². The average molecular weight is 247 g/mol. The van der Waals surface area contributed by atoms with Crippen molar-refractivity contribution in [2.24, 2.45) is 4.99 Å². The van der Waals surface area contributed by atoms with E-state index in [0.717, 1.165) is 25.9 Å². The van der Waals surface area contributed by atoms with E-state index >= 15 is 0 Å². The molecule has 18 heavy (non-hydrogen) atoms.